The third kappa shape index (κ3) is 4.67. The van der Waals surface area contributed by atoms with Crippen molar-refractivity contribution in [3.05, 3.63) is 56.0 Å². The van der Waals surface area contributed by atoms with Crippen molar-refractivity contribution in [2.24, 2.45) is 5.73 Å². The third-order valence-electron chi connectivity index (χ3n) is 2.86. The summed E-state index contributed by atoms with van der Waals surface area (Å²) in [6, 6.07) is 3.45. The molecule has 0 radical (unpaired) electrons. The van der Waals surface area contributed by atoms with E-state index < -0.39 is 0 Å². The van der Waals surface area contributed by atoms with Crippen LogP contribution in [0.5, 0.6) is 0 Å². The average molecular weight is 443 g/mol. The van der Waals surface area contributed by atoms with Crippen LogP contribution in [0.2, 0.25) is 15.1 Å². The first-order valence-electron chi connectivity index (χ1n) is 6.17. The molecule has 1 aromatic rings. The van der Waals surface area contributed by atoms with Gasteiger partial charge in [-0.25, -0.2) is 0 Å². The van der Waals surface area contributed by atoms with Gasteiger partial charge in [0.2, 0.25) is 0 Å². The number of hydrazine groups is 1. The predicted molar refractivity (Wildman–Crippen MR) is 99.8 cm³/mol. The van der Waals surface area contributed by atoms with E-state index in [-0.39, 0.29) is 5.11 Å². The van der Waals surface area contributed by atoms with Crippen LogP contribution >= 0.6 is 63.0 Å². The van der Waals surface area contributed by atoms with Crippen LogP contribution in [0.1, 0.15) is 5.56 Å². The molecule has 9 heteroatoms. The van der Waals surface area contributed by atoms with Gasteiger partial charge in [0.25, 0.3) is 0 Å². The first kappa shape index (κ1) is 17.7. The van der Waals surface area contributed by atoms with Crippen LogP contribution in [0, 0.1) is 0 Å². The van der Waals surface area contributed by atoms with E-state index in [1.165, 1.54) is 0 Å². The summed E-state index contributed by atoms with van der Waals surface area (Å²) in [4.78, 5) is 2.00. The van der Waals surface area contributed by atoms with Crippen LogP contribution in [0.4, 0.5) is 0 Å². The fourth-order valence-electron chi connectivity index (χ4n) is 1.87. The summed E-state index contributed by atoms with van der Waals surface area (Å²) < 4.78 is 0.850. The van der Waals surface area contributed by atoms with Gasteiger partial charge >= 0.3 is 0 Å². The van der Waals surface area contributed by atoms with Gasteiger partial charge in [-0.3, -0.25) is 10.4 Å². The molecule has 0 saturated heterocycles. The highest BCUT2D eigenvalue weighted by Crippen LogP contribution is 2.30. The van der Waals surface area contributed by atoms with Gasteiger partial charge in [0.15, 0.2) is 5.11 Å². The van der Waals surface area contributed by atoms with Crippen molar-refractivity contribution in [2.45, 2.75) is 6.42 Å². The van der Waals surface area contributed by atoms with E-state index in [9.17, 15) is 0 Å². The van der Waals surface area contributed by atoms with Crippen molar-refractivity contribution in [1.82, 2.24) is 15.3 Å². The molecule has 0 bridgehead atoms. The third-order valence-corrected chi connectivity index (χ3v) is 4.67. The van der Waals surface area contributed by atoms with Gasteiger partial charge in [-0.2, -0.15) is 0 Å². The Morgan fingerprint density at radius 3 is 2.64 bits per heavy atom. The van der Waals surface area contributed by atoms with E-state index in [0.717, 1.165) is 10.2 Å². The van der Waals surface area contributed by atoms with E-state index in [1.807, 2.05) is 23.4 Å². The molecule has 0 atom stereocenters. The SMILES string of the molecule is NC(=S)NN1C=CN(CCc2cc(Cl)cc(Cl)c2Cl)C(Br)=C1. The molecule has 2 rings (SSSR count). The zero-order valence-electron chi connectivity index (χ0n) is 11.2. The maximum absolute atomic E-state index is 6.20. The number of thiocarbonyl (C=S) groups is 1. The summed E-state index contributed by atoms with van der Waals surface area (Å²) in [5, 5.41) is 3.41. The smallest absolute Gasteiger partial charge is 0.183 e. The topological polar surface area (TPSA) is 44.5 Å². The van der Waals surface area contributed by atoms with E-state index in [2.05, 4.69) is 21.4 Å². The van der Waals surface area contributed by atoms with Gasteiger partial charge in [0.1, 0.15) is 4.61 Å². The average Bonchev–Trinajstić information content (AvgIpc) is 2.42. The largest absolute Gasteiger partial charge is 0.375 e. The monoisotopic (exact) mass is 440 g/mol. The number of hydrogen-bond donors (Lipinski definition) is 2. The lowest BCUT2D eigenvalue weighted by atomic mass is 10.1. The molecule has 0 fully saturated rings. The molecule has 3 N–H and O–H groups in total. The zero-order valence-corrected chi connectivity index (χ0v) is 15.9. The van der Waals surface area contributed by atoms with Crippen molar-refractivity contribution in [1.29, 1.82) is 0 Å². The van der Waals surface area contributed by atoms with Crippen molar-refractivity contribution in [2.75, 3.05) is 6.54 Å². The number of nitrogens with two attached hydrogens (primary N) is 1. The maximum Gasteiger partial charge on any atom is 0.183 e. The Labute approximate surface area is 157 Å². The fourth-order valence-corrected chi connectivity index (χ4v) is 3.23. The molecular weight excluding hydrogens is 431 g/mol. The number of halogens is 4. The Morgan fingerprint density at radius 2 is 2.00 bits per heavy atom. The second-order valence-corrected chi connectivity index (χ2v) is 6.91. The van der Waals surface area contributed by atoms with Gasteiger partial charge in [0, 0.05) is 24.0 Å². The number of benzene rings is 1. The first-order chi connectivity index (χ1) is 10.4. The summed E-state index contributed by atoms with van der Waals surface area (Å²) in [5.41, 5.74) is 9.13. The van der Waals surface area contributed by atoms with E-state index in [4.69, 9.17) is 52.8 Å². The minimum Gasteiger partial charge on any atom is -0.375 e. The molecule has 0 aromatic heterocycles. The lowest BCUT2D eigenvalue weighted by molar-refractivity contribution is 0.391. The molecule has 1 aromatic carbocycles. The van der Waals surface area contributed by atoms with Crippen LogP contribution in [0.15, 0.2) is 35.3 Å². The van der Waals surface area contributed by atoms with Crippen LogP contribution < -0.4 is 11.2 Å². The zero-order chi connectivity index (χ0) is 16.3. The van der Waals surface area contributed by atoms with Crippen LogP contribution in [0.25, 0.3) is 0 Å². The summed E-state index contributed by atoms with van der Waals surface area (Å²) in [6.45, 7) is 0.699. The predicted octanol–water partition coefficient (Wildman–Crippen LogP) is 4.22. The number of nitrogens with one attached hydrogen (secondary N) is 1. The van der Waals surface area contributed by atoms with E-state index in [0.29, 0.717) is 28.0 Å². The molecule has 0 aliphatic carbocycles. The molecule has 4 nitrogen and oxygen atoms in total. The van der Waals surface area contributed by atoms with Gasteiger partial charge in [-0.1, -0.05) is 34.8 Å². The Kier molecular flexibility index (Phi) is 6.23. The number of rotatable bonds is 4. The molecular formula is C13H12BrCl3N4S. The van der Waals surface area contributed by atoms with Gasteiger partial charge in [-0.15, -0.1) is 0 Å². The lowest BCUT2D eigenvalue weighted by Gasteiger charge is -2.28. The fraction of sp³-hybridized carbons (Fsp3) is 0.154. The van der Waals surface area contributed by atoms with Crippen molar-refractivity contribution < 1.29 is 0 Å². The first-order valence-corrected chi connectivity index (χ1v) is 8.50. The minimum absolute atomic E-state index is 0.190. The molecule has 0 spiro atoms. The standard InChI is InChI=1S/C13H12BrCl3N4S/c14-11-7-21(19-13(18)22)4-3-20(11)2-1-8-5-9(15)6-10(16)12(8)17/h3-7H,1-2H2,(H3,18,19,22). The van der Waals surface area contributed by atoms with Crippen molar-refractivity contribution in [3.63, 3.8) is 0 Å². The molecule has 1 heterocycles. The van der Waals surface area contributed by atoms with Crippen LogP contribution in [0.3, 0.4) is 0 Å². The summed E-state index contributed by atoms with van der Waals surface area (Å²) in [6.07, 6.45) is 6.19. The number of nitrogens with zero attached hydrogens (tertiary/aromatic N) is 2. The van der Waals surface area contributed by atoms with Gasteiger partial charge in [0.05, 0.1) is 16.2 Å². The summed E-state index contributed by atoms with van der Waals surface area (Å²) in [7, 11) is 0. The molecule has 0 amide bonds. The minimum atomic E-state index is 0.190. The van der Waals surface area contributed by atoms with E-state index in [1.54, 1.807) is 17.3 Å². The Bertz CT molecular complexity index is 650. The molecule has 118 valence electrons. The molecule has 0 saturated carbocycles. The maximum atomic E-state index is 6.20. The Balaban J connectivity index is 2.02. The quantitative estimate of drug-likeness (QED) is 0.415. The molecule has 0 unspecified atom stereocenters. The molecule has 22 heavy (non-hydrogen) atoms. The van der Waals surface area contributed by atoms with Crippen LogP contribution in [-0.2, 0) is 6.42 Å². The van der Waals surface area contributed by atoms with Crippen molar-refractivity contribution >= 4 is 68.1 Å². The summed E-state index contributed by atoms with van der Waals surface area (Å²) >= 11 is 26.5. The second-order valence-electron chi connectivity index (χ2n) is 4.44. The van der Waals surface area contributed by atoms with Crippen LogP contribution in [-0.4, -0.2) is 21.6 Å². The highest BCUT2D eigenvalue weighted by molar-refractivity contribution is 9.11. The highest BCUT2D eigenvalue weighted by Gasteiger charge is 2.13. The summed E-state index contributed by atoms with van der Waals surface area (Å²) in [5.74, 6) is 0. The Hall–Kier alpha value is -0.660. The van der Waals surface area contributed by atoms with Gasteiger partial charge < -0.3 is 10.6 Å². The van der Waals surface area contributed by atoms with Gasteiger partial charge in [-0.05, 0) is 52.3 Å². The Morgan fingerprint density at radius 1 is 1.27 bits per heavy atom. The normalized spacial score (nSPS) is 14.1. The lowest BCUT2D eigenvalue weighted by Crippen LogP contribution is -2.40. The van der Waals surface area contributed by atoms with E-state index >= 15 is 0 Å². The molecule has 1 aliphatic rings. The number of hydrogen-bond acceptors (Lipinski definition) is 3. The molecule has 1 aliphatic heterocycles. The van der Waals surface area contributed by atoms with Crippen molar-refractivity contribution in [3.8, 4) is 0 Å². The highest BCUT2D eigenvalue weighted by atomic mass is 79.9. The second kappa shape index (κ2) is 7.75.